The van der Waals surface area contributed by atoms with E-state index in [1.807, 2.05) is 39.0 Å². The number of amides is 2. The van der Waals surface area contributed by atoms with Gasteiger partial charge in [0.15, 0.2) is 6.10 Å². The van der Waals surface area contributed by atoms with Crippen LogP contribution < -0.4 is 15.0 Å². The molecule has 0 fully saturated rings. The first-order valence-corrected chi connectivity index (χ1v) is 11.2. The van der Waals surface area contributed by atoms with Crippen LogP contribution in [0.3, 0.4) is 0 Å². The van der Waals surface area contributed by atoms with Crippen LogP contribution in [0.15, 0.2) is 42.5 Å². The number of nitrogens with zero attached hydrogens (tertiary/aromatic N) is 2. The monoisotopic (exact) mass is 453 g/mol. The SMILES string of the molecule is CCC1Oc2ccc(-c3nc(C)sc3C)cc2N(C(C)C(=O)Nc2ccc(F)cc2)C1=O. The molecular formula is C24H24FN3O3S. The molecule has 2 aromatic carbocycles. The van der Waals surface area contributed by atoms with Gasteiger partial charge in [0.25, 0.3) is 5.91 Å². The minimum atomic E-state index is -0.808. The Labute approximate surface area is 190 Å². The lowest BCUT2D eigenvalue weighted by molar-refractivity contribution is -0.129. The van der Waals surface area contributed by atoms with Crippen LogP contribution in [0, 0.1) is 19.7 Å². The van der Waals surface area contributed by atoms with Gasteiger partial charge in [-0.1, -0.05) is 6.92 Å². The highest BCUT2D eigenvalue weighted by atomic mass is 32.1. The van der Waals surface area contributed by atoms with Crippen LogP contribution in [0.4, 0.5) is 15.8 Å². The molecule has 1 N–H and O–H groups in total. The van der Waals surface area contributed by atoms with Gasteiger partial charge in [-0.3, -0.25) is 14.5 Å². The number of aromatic nitrogens is 1. The predicted octanol–water partition coefficient (Wildman–Crippen LogP) is 5.10. The van der Waals surface area contributed by atoms with E-state index < -0.39 is 12.1 Å². The van der Waals surface area contributed by atoms with Crippen molar-refractivity contribution in [3.05, 3.63) is 58.2 Å². The summed E-state index contributed by atoms with van der Waals surface area (Å²) in [5.41, 5.74) is 2.69. The van der Waals surface area contributed by atoms with E-state index >= 15 is 0 Å². The van der Waals surface area contributed by atoms with Crippen LogP contribution in [0.5, 0.6) is 5.75 Å². The van der Waals surface area contributed by atoms with E-state index in [0.717, 1.165) is 21.1 Å². The number of benzene rings is 2. The Morgan fingerprint density at radius 2 is 1.97 bits per heavy atom. The molecule has 32 heavy (non-hydrogen) atoms. The minimum absolute atomic E-state index is 0.273. The van der Waals surface area contributed by atoms with Gasteiger partial charge >= 0.3 is 0 Å². The fourth-order valence-corrected chi connectivity index (χ4v) is 4.62. The molecule has 0 saturated heterocycles. The number of aryl methyl sites for hydroxylation is 2. The summed E-state index contributed by atoms with van der Waals surface area (Å²) >= 11 is 1.61. The summed E-state index contributed by atoms with van der Waals surface area (Å²) in [6.07, 6.45) is -0.189. The molecule has 2 unspecified atom stereocenters. The highest BCUT2D eigenvalue weighted by molar-refractivity contribution is 7.11. The fraction of sp³-hybridized carbons (Fsp3) is 0.292. The molecule has 0 bridgehead atoms. The molecule has 1 aliphatic rings. The normalized spacial score (nSPS) is 16.3. The van der Waals surface area contributed by atoms with Crippen LogP contribution in [-0.4, -0.2) is 28.9 Å². The van der Waals surface area contributed by atoms with Crippen LogP contribution >= 0.6 is 11.3 Å². The molecule has 1 aliphatic heterocycles. The molecule has 0 radical (unpaired) electrons. The van der Waals surface area contributed by atoms with Gasteiger partial charge in [0, 0.05) is 16.1 Å². The Hall–Kier alpha value is -3.26. The molecule has 0 aliphatic carbocycles. The smallest absolute Gasteiger partial charge is 0.268 e. The number of rotatable bonds is 5. The van der Waals surface area contributed by atoms with Crippen molar-refractivity contribution in [1.29, 1.82) is 0 Å². The average Bonchev–Trinajstić information content (AvgIpc) is 3.12. The zero-order valence-electron chi connectivity index (χ0n) is 18.3. The third kappa shape index (κ3) is 4.10. The van der Waals surface area contributed by atoms with E-state index in [9.17, 15) is 14.0 Å². The summed E-state index contributed by atoms with van der Waals surface area (Å²) in [5.74, 6) is -0.491. The molecule has 2 heterocycles. The number of anilines is 2. The quantitative estimate of drug-likeness (QED) is 0.584. The van der Waals surface area contributed by atoms with Gasteiger partial charge in [0.05, 0.1) is 16.4 Å². The van der Waals surface area contributed by atoms with Crippen molar-refractivity contribution in [3.63, 3.8) is 0 Å². The first-order chi connectivity index (χ1) is 15.3. The van der Waals surface area contributed by atoms with E-state index in [0.29, 0.717) is 23.5 Å². The second-order valence-corrected chi connectivity index (χ2v) is 9.12. The maximum Gasteiger partial charge on any atom is 0.268 e. The lowest BCUT2D eigenvalue weighted by Crippen LogP contribution is -2.53. The number of carbonyl (C=O) groups excluding carboxylic acids is 2. The second-order valence-electron chi connectivity index (χ2n) is 7.72. The lowest BCUT2D eigenvalue weighted by atomic mass is 10.0. The van der Waals surface area contributed by atoms with Gasteiger partial charge in [0.2, 0.25) is 5.91 Å². The minimum Gasteiger partial charge on any atom is -0.478 e. The third-order valence-corrected chi connectivity index (χ3v) is 6.31. The van der Waals surface area contributed by atoms with Crippen molar-refractivity contribution in [1.82, 2.24) is 4.98 Å². The van der Waals surface area contributed by atoms with Gasteiger partial charge in [-0.15, -0.1) is 11.3 Å². The third-order valence-electron chi connectivity index (χ3n) is 5.43. The van der Waals surface area contributed by atoms with Crippen molar-refractivity contribution < 1.29 is 18.7 Å². The molecule has 0 spiro atoms. The summed E-state index contributed by atoms with van der Waals surface area (Å²) in [6, 6.07) is 10.3. The first kappa shape index (κ1) is 22.0. The van der Waals surface area contributed by atoms with Crippen LogP contribution in [0.2, 0.25) is 0 Å². The summed E-state index contributed by atoms with van der Waals surface area (Å²) in [7, 11) is 0. The molecule has 8 heteroatoms. The van der Waals surface area contributed by atoms with Crippen molar-refractivity contribution in [2.24, 2.45) is 0 Å². The maximum atomic E-state index is 13.2. The molecule has 4 rings (SSSR count). The number of halogens is 1. The second kappa shape index (κ2) is 8.70. The topological polar surface area (TPSA) is 71.5 Å². The Morgan fingerprint density at radius 1 is 1.25 bits per heavy atom. The average molecular weight is 454 g/mol. The number of nitrogens with one attached hydrogen (secondary N) is 1. The number of thiazole rings is 1. The van der Waals surface area contributed by atoms with Crippen molar-refractivity contribution in [3.8, 4) is 17.0 Å². The highest BCUT2D eigenvalue weighted by Gasteiger charge is 2.38. The van der Waals surface area contributed by atoms with E-state index in [4.69, 9.17) is 4.74 Å². The summed E-state index contributed by atoms with van der Waals surface area (Å²) in [4.78, 5) is 33.4. The molecular weight excluding hydrogens is 429 g/mol. The Bertz CT molecular complexity index is 1180. The zero-order chi connectivity index (χ0) is 23.0. The standard InChI is InChI=1S/C24H24FN3O3S/c1-5-20-24(30)28(13(2)23(29)27-18-9-7-17(25)8-10-18)19-12-16(6-11-21(19)31-20)22-14(3)32-15(4)26-22/h6-13,20H,5H2,1-4H3,(H,27,29). The molecule has 2 atom stereocenters. The van der Waals surface area contributed by atoms with Crippen LogP contribution in [0.25, 0.3) is 11.3 Å². The van der Waals surface area contributed by atoms with Gasteiger partial charge in [-0.25, -0.2) is 9.37 Å². The largest absolute Gasteiger partial charge is 0.478 e. The first-order valence-electron chi connectivity index (χ1n) is 10.4. The lowest BCUT2D eigenvalue weighted by Gasteiger charge is -2.37. The Kier molecular flexibility index (Phi) is 5.97. The maximum absolute atomic E-state index is 13.2. The molecule has 166 valence electrons. The molecule has 0 saturated carbocycles. The number of hydrogen-bond acceptors (Lipinski definition) is 5. The summed E-state index contributed by atoms with van der Waals surface area (Å²) < 4.78 is 19.1. The van der Waals surface area contributed by atoms with Crippen molar-refractivity contribution in [2.45, 2.75) is 46.3 Å². The Morgan fingerprint density at radius 3 is 2.59 bits per heavy atom. The van der Waals surface area contributed by atoms with E-state index in [2.05, 4.69) is 10.3 Å². The van der Waals surface area contributed by atoms with Crippen LogP contribution in [0.1, 0.15) is 30.2 Å². The van der Waals surface area contributed by atoms with E-state index in [1.54, 1.807) is 18.3 Å². The molecule has 3 aromatic rings. The van der Waals surface area contributed by atoms with Gasteiger partial charge < -0.3 is 10.1 Å². The van der Waals surface area contributed by atoms with Gasteiger partial charge in [-0.2, -0.15) is 0 Å². The van der Waals surface area contributed by atoms with E-state index in [-0.39, 0.29) is 17.6 Å². The zero-order valence-corrected chi connectivity index (χ0v) is 19.1. The number of fused-ring (bicyclic) bond motifs is 1. The molecule has 2 amide bonds. The predicted molar refractivity (Wildman–Crippen MR) is 124 cm³/mol. The molecule has 1 aromatic heterocycles. The number of hydrogen-bond donors (Lipinski definition) is 1. The van der Waals surface area contributed by atoms with Crippen LogP contribution in [-0.2, 0) is 9.59 Å². The van der Waals surface area contributed by atoms with E-state index in [1.165, 1.54) is 29.2 Å². The summed E-state index contributed by atoms with van der Waals surface area (Å²) in [6.45, 7) is 7.49. The van der Waals surface area contributed by atoms with Crippen molar-refractivity contribution in [2.75, 3.05) is 10.2 Å². The molecule has 6 nitrogen and oxygen atoms in total. The Balaban J connectivity index is 1.71. The number of carbonyl (C=O) groups is 2. The van der Waals surface area contributed by atoms with Gasteiger partial charge in [0.1, 0.15) is 17.6 Å². The number of ether oxygens (including phenoxy) is 1. The van der Waals surface area contributed by atoms with Crippen molar-refractivity contribution >= 4 is 34.5 Å². The highest BCUT2D eigenvalue weighted by Crippen LogP contribution is 2.40. The fourth-order valence-electron chi connectivity index (χ4n) is 3.78. The van der Waals surface area contributed by atoms with Gasteiger partial charge in [-0.05, 0) is 69.7 Å². The summed E-state index contributed by atoms with van der Waals surface area (Å²) in [5, 5.41) is 3.71.